The number of nitrogens with zero attached hydrogens (tertiary/aromatic N) is 1. The van der Waals surface area contributed by atoms with Crippen LogP contribution in [0.4, 0.5) is 0 Å². The average Bonchev–Trinajstić information content (AvgIpc) is 3.00. The van der Waals surface area contributed by atoms with Gasteiger partial charge in [-0.25, -0.2) is 0 Å². The minimum Gasteiger partial charge on any atom is -0.492 e. The number of amides is 2. The van der Waals surface area contributed by atoms with Crippen LogP contribution in [0.3, 0.4) is 0 Å². The largest absolute Gasteiger partial charge is 0.492 e. The number of hydrogen-bond acceptors (Lipinski definition) is 3. The minimum atomic E-state index is -0.0600. The van der Waals surface area contributed by atoms with Crippen molar-refractivity contribution in [2.45, 2.75) is 19.3 Å². The molecule has 2 atom stereocenters. The summed E-state index contributed by atoms with van der Waals surface area (Å²) in [4.78, 5) is 25.6. The van der Waals surface area contributed by atoms with Gasteiger partial charge in [0.2, 0.25) is 11.8 Å². The SMILES string of the molecule is O=C1C2CCCC2C(=O)N1CCOc1ccc(Br)cc1. The molecule has 2 aliphatic rings. The number of carbonyl (C=O) groups is 2. The van der Waals surface area contributed by atoms with Crippen molar-refractivity contribution in [3.8, 4) is 5.75 Å². The summed E-state index contributed by atoms with van der Waals surface area (Å²) in [6.07, 6.45) is 2.72. The van der Waals surface area contributed by atoms with Gasteiger partial charge in [0.15, 0.2) is 0 Å². The Kier molecular flexibility index (Phi) is 3.78. The number of hydrogen-bond donors (Lipinski definition) is 0. The lowest BCUT2D eigenvalue weighted by molar-refractivity contribution is -0.140. The minimum absolute atomic E-state index is 0.00286. The molecule has 0 bridgehead atoms. The van der Waals surface area contributed by atoms with Crippen LogP contribution < -0.4 is 4.74 Å². The molecule has 0 aromatic heterocycles. The number of imide groups is 1. The Bertz CT molecular complexity index is 506. The molecule has 1 saturated carbocycles. The van der Waals surface area contributed by atoms with Crippen molar-refractivity contribution in [2.75, 3.05) is 13.2 Å². The van der Waals surface area contributed by atoms with Crippen LogP contribution in [-0.2, 0) is 9.59 Å². The van der Waals surface area contributed by atoms with E-state index in [1.807, 2.05) is 24.3 Å². The maximum absolute atomic E-state index is 12.1. The van der Waals surface area contributed by atoms with E-state index in [1.165, 1.54) is 4.90 Å². The molecule has 2 amide bonds. The zero-order valence-corrected chi connectivity index (χ0v) is 12.6. The number of fused-ring (bicyclic) bond motifs is 1. The van der Waals surface area contributed by atoms with E-state index in [2.05, 4.69) is 15.9 Å². The first-order valence-corrected chi connectivity index (χ1v) is 7.70. The van der Waals surface area contributed by atoms with Gasteiger partial charge in [-0.15, -0.1) is 0 Å². The van der Waals surface area contributed by atoms with Gasteiger partial charge in [0.25, 0.3) is 0 Å². The van der Waals surface area contributed by atoms with E-state index < -0.39 is 0 Å². The second-order valence-corrected chi connectivity index (χ2v) is 6.19. The number of ether oxygens (including phenoxy) is 1. The van der Waals surface area contributed by atoms with Gasteiger partial charge in [0.1, 0.15) is 12.4 Å². The molecule has 1 saturated heterocycles. The topological polar surface area (TPSA) is 46.6 Å². The van der Waals surface area contributed by atoms with Crippen molar-refractivity contribution in [3.63, 3.8) is 0 Å². The van der Waals surface area contributed by atoms with Crippen molar-refractivity contribution < 1.29 is 14.3 Å². The molecular weight excluding hydrogens is 322 g/mol. The Morgan fingerprint density at radius 2 is 1.70 bits per heavy atom. The van der Waals surface area contributed by atoms with Gasteiger partial charge in [-0.05, 0) is 37.1 Å². The molecule has 0 N–H and O–H groups in total. The molecule has 106 valence electrons. The molecule has 5 heteroatoms. The van der Waals surface area contributed by atoms with E-state index >= 15 is 0 Å². The van der Waals surface area contributed by atoms with Crippen LogP contribution in [0.25, 0.3) is 0 Å². The lowest BCUT2D eigenvalue weighted by atomic mass is 10.00. The Labute approximate surface area is 126 Å². The van der Waals surface area contributed by atoms with E-state index in [-0.39, 0.29) is 23.7 Å². The maximum atomic E-state index is 12.1. The van der Waals surface area contributed by atoms with Gasteiger partial charge in [0, 0.05) is 4.47 Å². The number of benzene rings is 1. The smallest absolute Gasteiger partial charge is 0.233 e. The predicted molar refractivity (Wildman–Crippen MR) is 77.2 cm³/mol. The summed E-state index contributed by atoms with van der Waals surface area (Å²) in [6.45, 7) is 0.694. The molecule has 2 unspecified atom stereocenters. The zero-order chi connectivity index (χ0) is 14.1. The maximum Gasteiger partial charge on any atom is 0.233 e. The van der Waals surface area contributed by atoms with Crippen molar-refractivity contribution in [3.05, 3.63) is 28.7 Å². The molecule has 20 heavy (non-hydrogen) atoms. The fourth-order valence-electron chi connectivity index (χ4n) is 3.07. The first-order chi connectivity index (χ1) is 9.66. The number of halogens is 1. The predicted octanol–water partition coefficient (Wildman–Crippen LogP) is 2.61. The highest BCUT2D eigenvalue weighted by molar-refractivity contribution is 9.10. The quantitative estimate of drug-likeness (QED) is 0.793. The van der Waals surface area contributed by atoms with E-state index in [4.69, 9.17) is 4.74 Å². The highest BCUT2D eigenvalue weighted by Crippen LogP contribution is 2.39. The fourth-order valence-corrected chi connectivity index (χ4v) is 3.33. The third kappa shape index (κ3) is 2.46. The van der Waals surface area contributed by atoms with Gasteiger partial charge in [-0.3, -0.25) is 14.5 Å². The first kappa shape index (κ1) is 13.6. The third-order valence-corrected chi connectivity index (χ3v) is 4.61. The second kappa shape index (κ2) is 5.56. The number of likely N-dealkylation sites (tertiary alicyclic amines) is 1. The lowest BCUT2D eigenvalue weighted by Gasteiger charge is -2.16. The van der Waals surface area contributed by atoms with Crippen LogP contribution in [0.2, 0.25) is 0 Å². The Balaban J connectivity index is 1.55. The molecule has 3 rings (SSSR count). The summed E-state index contributed by atoms with van der Waals surface area (Å²) in [5.74, 6) is 0.617. The van der Waals surface area contributed by atoms with Crippen molar-refractivity contribution >= 4 is 27.7 Å². The van der Waals surface area contributed by atoms with Gasteiger partial charge in [-0.2, -0.15) is 0 Å². The summed E-state index contributed by atoms with van der Waals surface area (Å²) in [5.41, 5.74) is 0. The summed E-state index contributed by atoms with van der Waals surface area (Å²) in [7, 11) is 0. The van der Waals surface area contributed by atoms with Gasteiger partial charge in [-0.1, -0.05) is 22.4 Å². The molecule has 1 aliphatic heterocycles. The number of carbonyl (C=O) groups excluding carboxylic acids is 2. The molecular formula is C15H16BrNO3. The molecule has 0 radical (unpaired) electrons. The molecule has 1 heterocycles. The van der Waals surface area contributed by atoms with Crippen molar-refractivity contribution in [2.24, 2.45) is 11.8 Å². The Morgan fingerprint density at radius 1 is 1.10 bits per heavy atom. The van der Waals surface area contributed by atoms with Crippen LogP contribution in [0.5, 0.6) is 5.75 Å². The summed E-state index contributed by atoms with van der Waals surface area (Å²) in [5, 5.41) is 0. The monoisotopic (exact) mass is 337 g/mol. The Morgan fingerprint density at radius 3 is 2.30 bits per heavy atom. The molecule has 1 aromatic rings. The summed E-state index contributed by atoms with van der Waals surface area (Å²) in [6, 6.07) is 7.50. The van der Waals surface area contributed by atoms with Crippen LogP contribution in [-0.4, -0.2) is 29.9 Å². The van der Waals surface area contributed by atoms with Crippen molar-refractivity contribution in [1.29, 1.82) is 0 Å². The van der Waals surface area contributed by atoms with E-state index in [1.54, 1.807) is 0 Å². The molecule has 1 aliphatic carbocycles. The molecule has 0 spiro atoms. The molecule has 2 fully saturated rings. The van der Waals surface area contributed by atoms with E-state index in [9.17, 15) is 9.59 Å². The summed E-state index contributed by atoms with van der Waals surface area (Å²) < 4.78 is 6.56. The zero-order valence-electron chi connectivity index (χ0n) is 11.0. The highest BCUT2D eigenvalue weighted by atomic mass is 79.9. The van der Waals surface area contributed by atoms with Gasteiger partial charge < -0.3 is 4.74 Å². The van der Waals surface area contributed by atoms with Crippen LogP contribution in [0.1, 0.15) is 19.3 Å². The van der Waals surface area contributed by atoms with Gasteiger partial charge in [0.05, 0.1) is 18.4 Å². The normalized spacial score (nSPS) is 25.1. The van der Waals surface area contributed by atoms with Crippen molar-refractivity contribution in [1.82, 2.24) is 4.90 Å². The van der Waals surface area contributed by atoms with Crippen LogP contribution >= 0.6 is 15.9 Å². The molecule has 1 aromatic carbocycles. The molecule has 4 nitrogen and oxygen atoms in total. The van der Waals surface area contributed by atoms with Crippen LogP contribution in [0.15, 0.2) is 28.7 Å². The fraction of sp³-hybridized carbons (Fsp3) is 0.467. The second-order valence-electron chi connectivity index (χ2n) is 5.27. The standard InChI is InChI=1S/C15H16BrNO3/c16-10-4-6-11(7-5-10)20-9-8-17-14(18)12-2-1-3-13(12)15(17)19/h4-7,12-13H,1-3,8-9H2. The van der Waals surface area contributed by atoms with Gasteiger partial charge >= 0.3 is 0 Å². The van der Waals surface area contributed by atoms with E-state index in [0.717, 1.165) is 29.5 Å². The average molecular weight is 338 g/mol. The van der Waals surface area contributed by atoms with E-state index in [0.29, 0.717) is 13.2 Å². The van der Waals surface area contributed by atoms with Crippen LogP contribution in [0, 0.1) is 11.8 Å². The lowest BCUT2D eigenvalue weighted by Crippen LogP contribution is -2.35. The third-order valence-electron chi connectivity index (χ3n) is 4.08. The number of rotatable bonds is 4. The summed E-state index contributed by atoms with van der Waals surface area (Å²) >= 11 is 3.36. The first-order valence-electron chi connectivity index (χ1n) is 6.90. The Hall–Kier alpha value is -1.36. The highest BCUT2D eigenvalue weighted by Gasteiger charge is 2.49.